The first-order chi connectivity index (χ1) is 8.43. The summed E-state index contributed by atoms with van der Waals surface area (Å²) in [5, 5.41) is 0. The smallest absolute Gasteiger partial charge is 0.471 e. The van der Waals surface area contributed by atoms with E-state index in [4.69, 9.17) is 4.74 Å². The molecule has 0 saturated carbocycles. The van der Waals surface area contributed by atoms with Crippen LogP contribution in [0.4, 0.5) is 18.9 Å². The standard InChI is InChI=1S/C12H12F3NO2/c1-2-8-7-16(11(17)12(13,14)15)9-5-3-4-6-10(9)18-8/h3-6,8H,2,7H2,1H3. The molecule has 3 nitrogen and oxygen atoms in total. The molecule has 98 valence electrons. The molecule has 18 heavy (non-hydrogen) atoms. The Hall–Kier alpha value is -1.72. The molecule has 1 unspecified atom stereocenters. The summed E-state index contributed by atoms with van der Waals surface area (Å²) in [5.74, 6) is -1.54. The molecular weight excluding hydrogens is 247 g/mol. The maximum atomic E-state index is 12.5. The van der Waals surface area contributed by atoms with Crippen molar-refractivity contribution in [2.24, 2.45) is 0 Å². The average molecular weight is 259 g/mol. The lowest BCUT2D eigenvalue weighted by Gasteiger charge is -2.34. The first-order valence-electron chi connectivity index (χ1n) is 5.58. The first-order valence-corrected chi connectivity index (χ1v) is 5.58. The van der Waals surface area contributed by atoms with E-state index in [9.17, 15) is 18.0 Å². The summed E-state index contributed by atoms with van der Waals surface area (Å²) in [6.07, 6.45) is -4.75. The van der Waals surface area contributed by atoms with E-state index >= 15 is 0 Å². The SMILES string of the molecule is CCC1CN(C(=O)C(F)(F)F)c2ccccc2O1. The van der Waals surface area contributed by atoms with Gasteiger partial charge in [-0.2, -0.15) is 13.2 Å². The van der Waals surface area contributed by atoms with E-state index in [1.807, 2.05) is 0 Å². The van der Waals surface area contributed by atoms with Crippen LogP contribution < -0.4 is 9.64 Å². The fourth-order valence-corrected chi connectivity index (χ4v) is 1.86. The predicted molar refractivity (Wildman–Crippen MR) is 59.6 cm³/mol. The van der Waals surface area contributed by atoms with Gasteiger partial charge in [0.2, 0.25) is 0 Å². The summed E-state index contributed by atoms with van der Waals surface area (Å²) >= 11 is 0. The minimum Gasteiger partial charge on any atom is -0.486 e. The number of halogens is 3. The number of carbonyl (C=O) groups is 1. The van der Waals surface area contributed by atoms with Crippen molar-refractivity contribution in [2.45, 2.75) is 25.6 Å². The highest BCUT2D eigenvalue weighted by Gasteiger charge is 2.45. The molecule has 0 radical (unpaired) electrons. The lowest BCUT2D eigenvalue weighted by molar-refractivity contribution is -0.170. The zero-order chi connectivity index (χ0) is 13.3. The highest BCUT2D eigenvalue weighted by molar-refractivity contribution is 5.99. The van der Waals surface area contributed by atoms with Crippen LogP contribution in [-0.2, 0) is 4.79 Å². The van der Waals surface area contributed by atoms with E-state index < -0.39 is 18.2 Å². The van der Waals surface area contributed by atoms with Crippen molar-refractivity contribution in [3.05, 3.63) is 24.3 Å². The summed E-state index contributed by atoms with van der Waals surface area (Å²) < 4.78 is 43.1. The average Bonchev–Trinajstić information content (AvgIpc) is 2.35. The number of fused-ring (bicyclic) bond motifs is 1. The number of hydrogen-bond donors (Lipinski definition) is 0. The van der Waals surface area contributed by atoms with Crippen molar-refractivity contribution < 1.29 is 22.7 Å². The minimum absolute atomic E-state index is 0.0775. The van der Waals surface area contributed by atoms with Crippen LogP contribution >= 0.6 is 0 Å². The van der Waals surface area contributed by atoms with Crippen LogP contribution in [0.1, 0.15) is 13.3 Å². The number of hydrogen-bond acceptors (Lipinski definition) is 2. The van der Waals surface area contributed by atoms with Gasteiger partial charge in [-0.1, -0.05) is 19.1 Å². The van der Waals surface area contributed by atoms with Crippen molar-refractivity contribution in [2.75, 3.05) is 11.4 Å². The molecule has 1 aromatic carbocycles. The highest BCUT2D eigenvalue weighted by atomic mass is 19.4. The molecule has 0 aliphatic carbocycles. The fraction of sp³-hybridized carbons (Fsp3) is 0.417. The zero-order valence-electron chi connectivity index (χ0n) is 9.70. The lowest BCUT2D eigenvalue weighted by atomic mass is 10.1. The Morgan fingerprint density at radius 1 is 1.44 bits per heavy atom. The van der Waals surface area contributed by atoms with Gasteiger partial charge in [-0.15, -0.1) is 0 Å². The topological polar surface area (TPSA) is 29.5 Å². The summed E-state index contributed by atoms with van der Waals surface area (Å²) in [7, 11) is 0. The van der Waals surface area contributed by atoms with Crippen molar-refractivity contribution in [1.29, 1.82) is 0 Å². The molecule has 0 saturated heterocycles. The summed E-state index contributed by atoms with van der Waals surface area (Å²) in [4.78, 5) is 12.1. The van der Waals surface area contributed by atoms with Gasteiger partial charge in [0.05, 0.1) is 12.2 Å². The molecule has 1 amide bonds. The molecular formula is C12H12F3NO2. The number of ether oxygens (including phenoxy) is 1. The number of anilines is 1. The second kappa shape index (κ2) is 4.51. The van der Waals surface area contributed by atoms with Gasteiger partial charge >= 0.3 is 12.1 Å². The molecule has 6 heteroatoms. The molecule has 1 atom stereocenters. The molecule has 1 aliphatic heterocycles. The Labute approximate surface area is 102 Å². The quantitative estimate of drug-likeness (QED) is 0.776. The predicted octanol–water partition coefficient (Wildman–Crippen LogP) is 2.75. The maximum absolute atomic E-state index is 12.5. The third kappa shape index (κ3) is 2.27. The third-order valence-electron chi connectivity index (χ3n) is 2.78. The number of alkyl halides is 3. The van der Waals surface area contributed by atoms with Crippen LogP contribution in [0.15, 0.2) is 24.3 Å². The van der Waals surface area contributed by atoms with Gasteiger partial charge in [0.15, 0.2) is 0 Å². The van der Waals surface area contributed by atoms with Crippen molar-refractivity contribution in [3.8, 4) is 5.75 Å². The fourth-order valence-electron chi connectivity index (χ4n) is 1.86. The van der Waals surface area contributed by atoms with Gasteiger partial charge < -0.3 is 4.74 Å². The molecule has 0 aromatic heterocycles. The van der Waals surface area contributed by atoms with E-state index in [1.54, 1.807) is 25.1 Å². The number of amides is 1. The maximum Gasteiger partial charge on any atom is 0.471 e. The van der Waals surface area contributed by atoms with Gasteiger partial charge in [0.1, 0.15) is 11.9 Å². The minimum atomic E-state index is -4.87. The van der Waals surface area contributed by atoms with E-state index in [-0.39, 0.29) is 12.2 Å². The molecule has 1 aromatic rings. The van der Waals surface area contributed by atoms with Gasteiger partial charge in [-0.25, -0.2) is 0 Å². The van der Waals surface area contributed by atoms with Crippen LogP contribution in [0, 0.1) is 0 Å². The van der Waals surface area contributed by atoms with E-state index in [0.717, 1.165) is 4.90 Å². The number of rotatable bonds is 1. The Morgan fingerprint density at radius 2 is 2.11 bits per heavy atom. The largest absolute Gasteiger partial charge is 0.486 e. The normalized spacial score (nSPS) is 19.1. The number of para-hydroxylation sites is 2. The van der Waals surface area contributed by atoms with Crippen LogP contribution in [0.5, 0.6) is 5.75 Å². The van der Waals surface area contributed by atoms with Crippen molar-refractivity contribution in [3.63, 3.8) is 0 Å². The lowest BCUT2D eigenvalue weighted by Crippen LogP contribution is -2.48. The molecule has 1 aliphatic rings. The Morgan fingerprint density at radius 3 is 2.72 bits per heavy atom. The molecule has 0 bridgehead atoms. The highest BCUT2D eigenvalue weighted by Crippen LogP contribution is 2.36. The van der Waals surface area contributed by atoms with E-state index in [2.05, 4.69) is 0 Å². The Kier molecular flexibility index (Phi) is 3.19. The van der Waals surface area contributed by atoms with Crippen LogP contribution in [0.2, 0.25) is 0 Å². The van der Waals surface area contributed by atoms with Gasteiger partial charge in [0.25, 0.3) is 0 Å². The molecule has 2 rings (SSSR count). The molecule has 0 spiro atoms. The first kappa shape index (κ1) is 12.7. The number of carbonyl (C=O) groups excluding carboxylic acids is 1. The molecule has 0 N–H and O–H groups in total. The summed E-state index contributed by atoms with van der Waals surface area (Å²) in [5.41, 5.74) is 0.171. The summed E-state index contributed by atoms with van der Waals surface area (Å²) in [6.45, 7) is 1.72. The van der Waals surface area contributed by atoms with E-state index in [0.29, 0.717) is 12.2 Å². The Bertz CT molecular complexity index is 459. The van der Waals surface area contributed by atoms with Crippen molar-refractivity contribution in [1.82, 2.24) is 0 Å². The van der Waals surface area contributed by atoms with Crippen LogP contribution in [-0.4, -0.2) is 24.7 Å². The second-order valence-electron chi connectivity index (χ2n) is 4.03. The second-order valence-corrected chi connectivity index (χ2v) is 4.03. The Balaban J connectivity index is 2.38. The van der Waals surface area contributed by atoms with Crippen LogP contribution in [0.25, 0.3) is 0 Å². The zero-order valence-corrected chi connectivity index (χ0v) is 9.70. The van der Waals surface area contributed by atoms with Gasteiger partial charge in [0, 0.05) is 0 Å². The number of nitrogens with zero attached hydrogens (tertiary/aromatic N) is 1. The third-order valence-corrected chi connectivity index (χ3v) is 2.78. The molecule has 0 fully saturated rings. The molecule has 1 heterocycles. The van der Waals surface area contributed by atoms with Crippen molar-refractivity contribution >= 4 is 11.6 Å². The van der Waals surface area contributed by atoms with Gasteiger partial charge in [-0.05, 0) is 18.6 Å². The van der Waals surface area contributed by atoms with Gasteiger partial charge in [-0.3, -0.25) is 9.69 Å². The van der Waals surface area contributed by atoms with E-state index in [1.165, 1.54) is 6.07 Å². The number of benzene rings is 1. The monoisotopic (exact) mass is 259 g/mol. The summed E-state index contributed by atoms with van der Waals surface area (Å²) in [6, 6.07) is 6.25. The van der Waals surface area contributed by atoms with Crippen LogP contribution in [0.3, 0.4) is 0 Å².